The third kappa shape index (κ3) is 44.5. The molecule has 0 radical (unpaired) electrons. The van der Waals surface area contributed by atoms with Crippen molar-refractivity contribution >= 4 is 167 Å². The van der Waals surface area contributed by atoms with Gasteiger partial charge in [-0.15, -0.1) is 71.0 Å². The average molecular weight is 1470 g/mol. The molecule has 0 aliphatic carbocycles. The third-order valence-corrected chi connectivity index (χ3v) is 16.1. The molecule has 7 rings (SSSR count). The van der Waals surface area contributed by atoms with E-state index in [0.717, 1.165) is 24.0 Å². The molecule has 79 heavy (non-hydrogen) atoms. The molecule has 0 amide bonds. The molecular weight excluding hydrogens is 1380 g/mol. The molecule has 2 heterocycles. The van der Waals surface area contributed by atoms with E-state index in [1.165, 1.54) is 149 Å². The van der Waals surface area contributed by atoms with Gasteiger partial charge in [-0.25, -0.2) is 30.1 Å². The van der Waals surface area contributed by atoms with Crippen LogP contribution < -0.4 is 6.15 Å². The number of benzene rings is 5. The van der Waals surface area contributed by atoms with E-state index in [1.54, 1.807) is 6.92 Å². The number of unbranched alkanes of at least 4 members (excludes halogenated alkanes) is 5. The molecule has 16 heteroatoms. The van der Waals surface area contributed by atoms with Gasteiger partial charge in [-0.3, -0.25) is 14.4 Å². The second-order valence-corrected chi connectivity index (χ2v) is 29.5. The zero-order valence-electron chi connectivity index (χ0n) is 46.8. The van der Waals surface area contributed by atoms with Gasteiger partial charge in [0.2, 0.25) is 5.24 Å². The van der Waals surface area contributed by atoms with Gasteiger partial charge in [-0.2, -0.15) is 0 Å². The maximum atomic E-state index is 11.3. The number of carbonyl (C=O) groups excluding carboxylic acids is 3. The number of rotatable bonds is 20. The van der Waals surface area contributed by atoms with E-state index in [2.05, 4.69) is 152 Å². The van der Waals surface area contributed by atoms with Crippen LogP contribution in [0.25, 0.3) is 9.81 Å². The predicted molar refractivity (Wildman–Crippen MR) is 376 cm³/mol. The second kappa shape index (κ2) is 56.5. The molecule has 5 aromatic carbocycles. The normalized spacial score (nSPS) is 11.2. The standard InChI is InChI=1S/2C13H16S2.C12H15BrO.C12H16O.C10H14.C2H3ClO.CH4.Al.3ClH.HI.H3N.Ni/c2*1-2-3-4-11-5-7-12(8-6-11)13-9-14-10-15-13;1-2-3-4-10-5-7-11(8-6-10)12(14)9-13;1-3-4-5-11-6-8-12(9-7-11)10(2)13;1-2-3-7-10-8-5-4-6-9-10;1-2(3)4;;;;;;;;/h2*5-9H,2-4,10H2,1H3;5-8H,2-4,9H2,1H3;6-9H,3-5H2,1-2H3;4-6,8-9H,2-3,7H2,1H3;1H3;1H4;;4*1H;1H3;/q;;;;;;;+3;;;;;;/p-3. The van der Waals surface area contributed by atoms with Crippen LogP contribution in [0.2, 0.25) is 0 Å². The maximum absolute atomic E-state index is 11.3. The molecule has 5 aromatic rings. The first-order chi connectivity index (χ1) is 36.2. The van der Waals surface area contributed by atoms with Crippen LogP contribution in [0.15, 0.2) is 138 Å². The summed E-state index contributed by atoms with van der Waals surface area (Å²) in [7, 11) is 14.8. The van der Waals surface area contributed by atoms with Crippen LogP contribution in [-0.4, -0.2) is 43.7 Å². The van der Waals surface area contributed by atoms with Crippen LogP contribution in [0.5, 0.6) is 0 Å². The van der Waals surface area contributed by atoms with Crippen molar-refractivity contribution in [3.8, 4) is 0 Å². The van der Waals surface area contributed by atoms with Crippen LogP contribution in [0, 0.1) is 0 Å². The number of aryl methyl sites for hydroxylation is 5. The van der Waals surface area contributed by atoms with Gasteiger partial charge in [0.15, 0.2) is 11.6 Å². The molecule has 0 unspecified atom stereocenters. The zero-order chi connectivity index (χ0) is 55.5. The summed E-state index contributed by atoms with van der Waals surface area (Å²) in [6.07, 6.45) is 18.5. The second-order valence-electron chi connectivity index (χ2n) is 17.4. The van der Waals surface area contributed by atoms with E-state index in [4.69, 9.17) is 30.1 Å². The van der Waals surface area contributed by atoms with Crippen molar-refractivity contribution < 1.29 is 30.9 Å². The Morgan fingerprint density at radius 3 is 1.00 bits per heavy atom. The topological polar surface area (TPSA) is 86.2 Å². The Morgan fingerprint density at radius 1 is 0.494 bits per heavy atom. The van der Waals surface area contributed by atoms with Crippen molar-refractivity contribution in [3.05, 3.63) is 188 Å². The van der Waals surface area contributed by atoms with Crippen LogP contribution in [0.3, 0.4) is 0 Å². The Labute approximate surface area is 553 Å². The Balaban J connectivity index is -0.000000426. The molecule has 3 N–H and O–H groups in total. The van der Waals surface area contributed by atoms with Gasteiger partial charge in [0.1, 0.15) is 0 Å². The van der Waals surface area contributed by atoms with Crippen molar-refractivity contribution in [2.24, 2.45) is 0 Å². The van der Waals surface area contributed by atoms with Gasteiger partial charge in [-0.1, -0.05) is 217 Å². The minimum Gasteiger partial charge on any atom is -0.344 e. The van der Waals surface area contributed by atoms with E-state index >= 15 is 0 Å². The minimum absolute atomic E-state index is 0. The number of alkyl halides is 1. The molecule has 4 nitrogen and oxygen atoms in total. The molecule has 2 aliphatic heterocycles. The number of Topliss-reactive ketones (excluding diaryl/α,β-unsaturated/α-hetero) is 2. The number of halogens is 6. The van der Waals surface area contributed by atoms with Crippen LogP contribution in [-0.2, 0) is 53.4 Å². The Hall–Kier alpha value is -0.654. The van der Waals surface area contributed by atoms with Gasteiger partial charge in [0.05, 0.1) is 5.33 Å². The van der Waals surface area contributed by atoms with Gasteiger partial charge in [0, 0.05) is 54.5 Å². The smallest absolute Gasteiger partial charge is 0.344 e. The molecule has 0 bridgehead atoms. The van der Waals surface area contributed by atoms with E-state index in [0.29, 0.717) is 5.33 Å². The average Bonchev–Trinajstić information content (AvgIpc) is 4.18. The number of thioether (sulfide) groups is 4. The van der Waals surface area contributed by atoms with Gasteiger partial charge in [-0.05, 0) is 132 Å². The fraction of sp³-hybridized carbons (Fsp3) is 0.413. The number of hydrogen-bond donors (Lipinski definition) is 1. The van der Waals surface area contributed by atoms with E-state index in [1.807, 2.05) is 95.6 Å². The molecular formula is C63H88AlBrCl4INNiO3S4. The molecule has 0 aromatic heterocycles. The summed E-state index contributed by atoms with van der Waals surface area (Å²) in [6, 6.07) is 44.6. The minimum atomic E-state index is -1.72. The third-order valence-electron chi connectivity index (χ3n) is 11.1. The summed E-state index contributed by atoms with van der Waals surface area (Å²) in [5.74, 6) is 0.286. The molecule has 0 saturated heterocycles. The first-order valence-corrected chi connectivity index (χ1v) is 37.0. The molecule has 0 saturated carbocycles. The summed E-state index contributed by atoms with van der Waals surface area (Å²) in [6.45, 7) is 14.0. The number of hydrogen-bond acceptors (Lipinski definition) is 8. The van der Waals surface area contributed by atoms with Crippen LogP contribution in [0.1, 0.15) is 180 Å². The largest absolute Gasteiger partial charge is 0.643 e. The Bertz CT molecular complexity index is 2260. The summed E-state index contributed by atoms with van der Waals surface area (Å²) >= 11 is 13.8. The molecule has 442 valence electrons. The van der Waals surface area contributed by atoms with E-state index in [-0.39, 0.29) is 70.9 Å². The van der Waals surface area contributed by atoms with Gasteiger partial charge < -0.3 is 6.15 Å². The van der Waals surface area contributed by atoms with Gasteiger partial charge >= 0.3 is 11.4 Å². The number of carbonyl (C=O) groups is 3. The SMILES string of the molecule is C.CC(=O)Cl.CCCCc1ccc(C(=O)CBr)cc1.CCCCc1ccc(C(C)=O)cc1.CCCCc1ccc(C2=CSCS2)cc1.CCCCc1ccc(C2=CSCS2)cc1.CCCCc1ccccc1.I.N.[Cl][Al]([Cl])[Cl].[Ni]. The van der Waals surface area contributed by atoms with E-state index < -0.39 is 11.4 Å². The predicted octanol–water partition coefficient (Wildman–Crippen LogP) is 23.3. The van der Waals surface area contributed by atoms with Crippen LogP contribution in [0.4, 0.5) is 0 Å². The molecule has 0 atom stereocenters. The summed E-state index contributed by atoms with van der Waals surface area (Å²) in [5.41, 5.74) is 11.4. The van der Waals surface area contributed by atoms with Crippen molar-refractivity contribution in [3.63, 3.8) is 0 Å². The first-order valence-electron chi connectivity index (χ1n) is 26.2. The van der Waals surface area contributed by atoms with Crippen molar-refractivity contribution in [2.75, 3.05) is 15.5 Å². The first kappa shape index (κ1) is 84.8. The fourth-order valence-corrected chi connectivity index (χ4v) is 11.4. The summed E-state index contributed by atoms with van der Waals surface area (Å²) in [5, 5.41) is 6.93. The summed E-state index contributed by atoms with van der Waals surface area (Å²) in [4.78, 5) is 34.3. The van der Waals surface area contributed by atoms with Crippen molar-refractivity contribution in [2.45, 2.75) is 152 Å². The van der Waals surface area contributed by atoms with Crippen LogP contribution >= 0.6 is 129 Å². The maximum Gasteiger partial charge on any atom is 0.643 e. The molecule has 2 aliphatic rings. The fourth-order valence-electron chi connectivity index (χ4n) is 6.85. The molecule has 0 fully saturated rings. The Morgan fingerprint density at radius 2 is 0.759 bits per heavy atom. The summed E-state index contributed by atoms with van der Waals surface area (Å²) < 4.78 is 0. The van der Waals surface area contributed by atoms with E-state index in [9.17, 15) is 14.4 Å². The number of ketones is 2. The van der Waals surface area contributed by atoms with Crippen molar-refractivity contribution in [1.82, 2.24) is 6.15 Å². The monoisotopic (exact) mass is 1470 g/mol. The zero-order valence-corrected chi connectivity index (χ0v) is 59.1. The van der Waals surface area contributed by atoms with Gasteiger partial charge in [0.25, 0.3) is 0 Å². The van der Waals surface area contributed by atoms with Crippen molar-refractivity contribution in [1.29, 1.82) is 0 Å². The Kier molecular flexibility index (Phi) is 60.6. The molecule has 0 spiro atoms. The quantitative estimate of drug-likeness (QED) is 0.0271.